The van der Waals surface area contributed by atoms with Gasteiger partial charge in [-0.25, -0.2) is 9.50 Å². The normalized spacial score (nSPS) is 10.8. The van der Waals surface area contributed by atoms with Crippen molar-refractivity contribution in [2.45, 2.75) is 6.92 Å². The summed E-state index contributed by atoms with van der Waals surface area (Å²) in [4.78, 5) is 4.50. The highest BCUT2D eigenvalue weighted by atomic mass is 16.5. The minimum Gasteiger partial charge on any atom is -0.497 e. The predicted octanol–water partition coefficient (Wildman–Crippen LogP) is 2.71. The number of pyridine rings is 1. The maximum Gasteiger partial charge on any atom is 0.182 e. The van der Waals surface area contributed by atoms with Crippen molar-refractivity contribution < 1.29 is 4.74 Å². The second-order valence-corrected chi connectivity index (χ2v) is 4.18. The summed E-state index contributed by atoms with van der Waals surface area (Å²) in [6.45, 7) is 2.03. The minimum absolute atomic E-state index is 0.708. The third kappa shape index (κ3) is 1.82. The van der Waals surface area contributed by atoms with Gasteiger partial charge in [-0.15, -0.1) is 5.10 Å². The van der Waals surface area contributed by atoms with Crippen LogP contribution in [0.3, 0.4) is 0 Å². The van der Waals surface area contributed by atoms with Crippen LogP contribution in [0.2, 0.25) is 0 Å². The SMILES string of the molecule is COc1cccc(-c2nc3ccc(C)cn3n2)c1. The zero-order valence-corrected chi connectivity index (χ0v) is 10.3. The average Bonchev–Trinajstić information content (AvgIpc) is 2.81. The smallest absolute Gasteiger partial charge is 0.182 e. The number of fused-ring (bicyclic) bond motifs is 1. The number of benzene rings is 1. The highest BCUT2D eigenvalue weighted by Gasteiger charge is 2.06. The second-order valence-electron chi connectivity index (χ2n) is 4.18. The van der Waals surface area contributed by atoms with Gasteiger partial charge in [0.2, 0.25) is 0 Å². The molecule has 0 unspecified atom stereocenters. The van der Waals surface area contributed by atoms with Crippen molar-refractivity contribution >= 4 is 5.65 Å². The van der Waals surface area contributed by atoms with E-state index < -0.39 is 0 Å². The lowest BCUT2D eigenvalue weighted by Crippen LogP contribution is -1.88. The molecule has 2 heterocycles. The van der Waals surface area contributed by atoms with Crippen molar-refractivity contribution in [3.63, 3.8) is 0 Å². The van der Waals surface area contributed by atoms with Crippen LogP contribution < -0.4 is 4.74 Å². The van der Waals surface area contributed by atoms with Crippen molar-refractivity contribution in [1.82, 2.24) is 14.6 Å². The largest absolute Gasteiger partial charge is 0.497 e. The summed E-state index contributed by atoms with van der Waals surface area (Å²) in [5.74, 6) is 1.52. The van der Waals surface area contributed by atoms with Crippen LogP contribution in [0.4, 0.5) is 0 Å². The van der Waals surface area contributed by atoms with Crippen LogP contribution in [0.1, 0.15) is 5.56 Å². The standard InChI is InChI=1S/C14H13N3O/c1-10-6-7-13-15-14(16-17(13)9-10)11-4-3-5-12(8-11)18-2/h3-9H,1-2H3. The summed E-state index contributed by atoms with van der Waals surface area (Å²) in [7, 11) is 1.65. The van der Waals surface area contributed by atoms with Crippen LogP contribution in [-0.2, 0) is 0 Å². The maximum atomic E-state index is 5.21. The van der Waals surface area contributed by atoms with E-state index in [4.69, 9.17) is 4.74 Å². The molecule has 0 atom stereocenters. The number of aryl methyl sites for hydroxylation is 1. The van der Waals surface area contributed by atoms with Gasteiger partial charge in [0, 0.05) is 11.8 Å². The van der Waals surface area contributed by atoms with E-state index in [1.807, 2.05) is 49.5 Å². The Morgan fingerprint density at radius 2 is 2.06 bits per heavy atom. The highest BCUT2D eigenvalue weighted by Crippen LogP contribution is 2.21. The number of rotatable bonds is 2. The molecule has 0 aliphatic rings. The minimum atomic E-state index is 0.708. The molecule has 0 saturated heterocycles. The van der Waals surface area contributed by atoms with Gasteiger partial charge in [0.05, 0.1) is 7.11 Å². The second kappa shape index (κ2) is 4.14. The first-order valence-electron chi connectivity index (χ1n) is 5.74. The third-order valence-corrected chi connectivity index (χ3v) is 2.81. The molecule has 4 nitrogen and oxygen atoms in total. The molecule has 3 rings (SSSR count). The van der Waals surface area contributed by atoms with Crippen molar-refractivity contribution in [1.29, 1.82) is 0 Å². The van der Waals surface area contributed by atoms with Gasteiger partial charge in [0.1, 0.15) is 5.75 Å². The molecule has 0 spiro atoms. The molecule has 18 heavy (non-hydrogen) atoms. The summed E-state index contributed by atoms with van der Waals surface area (Å²) in [6, 6.07) is 11.7. The van der Waals surface area contributed by atoms with Crippen molar-refractivity contribution in [3.05, 3.63) is 48.2 Å². The number of aromatic nitrogens is 3. The number of hydrogen-bond acceptors (Lipinski definition) is 3. The Kier molecular flexibility index (Phi) is 2.48. The molecular formula is C14H13N3O. The summed E-state index contributed by atoms with van der Waals surface area (Å²) < 4.78 is 7.00. The van der Waals surface area contributed by atoms with Gasteiger partial charge in [0.25, 0.3) is 0 Å². The summed E-state index contributed by atoms with van der Waals surface area (Å²) in [6.07, 6.45) is 1.96. The Labute approximate surface area is 105 Å². The molecule has 3 aromatic rings. The van der Waals surface area contributed by atoms with Crippen LogP contribution >= 0.6 is 0 Å². The fraction of sp³-hybridized carbons (Fsp3) is 0.143. The fourth-order valence-electron chi connectivity index (χ4n) is 1.87. The van der Waals surface area contributed by atoms with Gasteiger partial charge in [-0.1, -0.05) is 18.2 Å². The van der Waals surface area contributed by atoms with E-state index >= 15 is 0 Å². The van der Waals surface area contributed by atoms with Crippen molar-refractivity contribution in [2.24, 2.45) is 0 Å². The molecule has 90 valence electrons. The quantitative estimate of drug-likeness (QED) is 0.690. The van der Waals surface area contributed by atoms with Gasteiger partial charge >= 0.3 is 0 Å². The van der Waals surface area contributed by atoms with Gasteiger partial charge in [0.15, 0.2) is 11.5 Å². The summed E-state index contributed by atoms with van der Waals surface area (Å²) in [5, 5.41) is 4.47. The molecule has 2 aromatic heterocycles. The summed E-state index contributed by atoms with van der Waals surface area (Å²) >= 11 is 0. The first-order chi connectivity index (χ1) is 8.76. The van der Waals surface area contributed by atoms with E-state index in [-0.39, 0.29) is 0 Å². The molecule has 0 fully saturated rings. The fourth-order valence-corrected chi connectivity index (χ4v) is 1.87. The lowest BCUT2D eigenvalue weighted by atomic mass is 10.2. The van der Waals surface area contributed by atoms with Gasteiger partial charge in [-0.3, -0.25) is 0 Å². The Bertz CT molecular complexity index is 703. The van der Waals surface area contributed by atoms with Gasteiger partial charge in [-0.2, -0.15) is 0 Å². The van der Waals surface area contributed by atoms with E-state index in [0.29, 0.717) is 5.82 Å². The third-order valence-electron chi connectivity index (χ3n) is 2.81. The average molecular weight is 239 g/mol. The van der Waals surface area contributed by atoms with Crippen molar-refractivity contribution in [3.8, 4) is 17.1 Å². The van der Waals surface area contributed by atoms with Crippen LogP contribution in [0, 0.1) is 6.92 Å². The Balaban J connectivity index is 2.13. The number of nitrogens with zero attached hydrogens (tertiary/aromatic N) is 3. The first kappa shape index (κ1) is 10.8. The molecule has 0 amide bonds. The van der Waals surface area contributed by atoms with Crippen LogP contribution in [0.25, 0.3) is 17.0 Å². The van der Waals surface area contributed by atoms with Crippen molar-refractivity contribution in [2.75, 3.05) is 7.11 Å². The Morgan fingerprint density at radius 3 is 2.89 bits per heavy atom. The molecule has 1 aromatic carbocycles. The first-order valence-corrected chi connectivity index (χ1v) is 5.74. The monoisotopic (exact) mass is 239 g/mol. The molecule has 4 heteroatoms. The number of ether oxygens (including phenoxy) is 1. The van der Waals surface area contributed by atoms with E-state index in [1.54, 1.807) is 11.6 Å². The van der Waals surface area contributed by atoms with Crippen LogP contribution in [0.15, 0.2) is 42.6 Å². The Morgan fingerprint density at radius 1 is 1.17 bits per heavy atom. The van der Waals surface area contributed by atoms with Crippen LogP contribution in [-0.4, -0.2) is 21.7 Å². The van der Waals surface area contributed by atoms with Crippen LogP contribution in [0.5, 0.6) is 5.75 Å². The molecule has 0 bridgehead atoms. The Hall–Kier alpha value is -2.36. The van der Waals surface area contributed by atoms with E-state index in [2.05, 4.69) is 10.1 Å². The predicted molar refractivity (Wildman–Crippen MR) is 69.7 cm³/mol. The number of methoxy groups -OCH3 is 1. The topological polar surface area (TPSA) is 39.4 Å². The van der Waals surface area contributed by atoms with E-state index in [1.165, 1.54) is 0 Å². The number of hydrogen-bond donors (Lipinski definition) is 0. The molecule has 0 radical (unpaired) electrons. The zero-order chi connectivity index (χ0) is 12.5. The molecule has 0 aliphatic heterocycles. The maximum absolute atomic E-state index is 5.21. The summed E-state index contributed by atoms with van der Waals surface area (Å²) in [5.41, 5.74) is 2.96. The molecular weight excluding hydrogens is 226 g/mol. The zero-order valence-electron chi connectivity index (χ0n) is 10.3. The lowest BCUT2D eigenvalue weighted by Gasteiger charge is -2.00. The van der Waals surface area contributed by atoms with E-state index in [9.17, 15) is 0 Å². The molecule has 0 saturated carbocycles. The molecule has 0 N–H and O–H groups in total. The molecule has 0 aliphatic carbocycles. The lowest BCUT2D eigenvalue weighted by molar-refractivity contribution is 0.415. The van der Waals surface area contributed by atoms with E-state index in [0.717, 1.165) is 22.5 Å². The van der Waals surface area contributed by atoms with Gasteiger partial charge in [-0.05, 0) is 30.7 Å². The highest BCUT2D eigenvalue weighted by molar-refractivity contribution is 5.60. The van der Waals surface area contributed by atoms with Gasteiger partial charge < -0.3 is 4.74 Å².